The highest BCUT2D eigenvalue weighted by atomic mass is 32.2. The van der Waals surface area contributed by atoms with Gasteiger partial charge in [0.1, 0.15) is 11.6 Å². The molecule has 2 aliphatic rings. The average molecular weight is 403 g/mol. The topological polar surface area (TPSA) is 99.6 Å². The first-order valence-corrected chi connectivity index (χ1v) is 10.4. The Balaban J connectivity index is 1.37. The minimum atomic E-state index is -0.238. The first kappa shape index (κ1) is 16.7. The first-order chi connectivity index (χ1) is 14.3. The number of hydrogen-bond acceptors (Lipinski definition) is 6. The van der Waals surface area contributed by atoms with Crippen molar-refractivity contribution >= 4 is 34.4 Å². The number of ketones is 1. The number of carbonyl (C=O) groups excluding carboxylic acids is 1. The van der Waals surface area contributed by atoms with Crippen molar-refractivity contribution in [1.29, 1.82) is 0 Å². The van der Waals surface area contributed by atoms with Gasteiger partial charge in [-0.05, 0) is 48.9 Å². The van der Waals surface area contributed by atoms with Crippen LogP contribution in [-0.4, -0.2) is 25.9 Å². The number of H-pyrrole nitrogens is 2. The summed E-state index contributed by atoms with van der Waals surface area (Å²) in [5.41, 5.74) is 4.64. The molecule has 7 nitrogen and oxygen atoms in total. The number of allylic oxidation sites excluding steroid dienone is 2. The highest BCUT2D eigenvalue weighted by Gasteiger charge is 2.37. The summed E-state index contributed by atoms with van der Waals surface area (Å²) in [6.45, 7) is 0. The molecule has 3 N–H and O–H groups in total. The van der Waals surface area contributed by atoms with Crippen LogP contribution in [0.25, 0.3) is 11.0 Å². The van der Waals surface area contributed by atoms with Gasteiger partial charge in [0.25, 0.3) is 0 Å². The highest BCUT2D eigenvalue weighted by molar-refractivity contribution is 7.99. The Hall–Kier alpha value is -3.26. The third kappa shape index (κ3) is 2.71. The molecule has 29 heavy (non-hydrogen) atoms. The van der Waals surface area contributed by atoms with Crippen molar-refractivity contribution in [2.75, 3.05) is 5.32 Å². The zero-order chi connectivity index (χ0) is 19.4. The number of nitrogens with zero attached hydrogens (tertiary/aromatic N) is 2. The van der Waals surface area contributed by atoms with E-state index in [4.69, 9.17) is 4.42 Å². The quantitative estimate of drug-likeness (QED) is 0.462. The van der Waals surface area contributed by atoms with Crippen LogP contribution in [0.2, 0.25) is 0 Å². The van der Waals surface area contributed by atoms with E-state index in [1.165, 1.54) is 11.8 Å². The van der Waals surface area contributed by atoms with Gasteiger partial charge < -0.3 is 14.7 Å². The molecule has 0 saturated heterocycles. The van der Waals surface area contributed by atoms with E-state index in [1.54, 1.807) is 6.20 Å². The number of imidazole rings is 1. The molecule has 1 aliphatic heterocycles. The molecule has 1 aromatic carbocycles. The molecule has 3 aromatic heterocycles. The summed E-state index contributed by atoms with van der Waals surface area (Å²) in [5, 5.41) is 12.0. The second kappa shape index (κ2) is 6.38. The molecular weight excluding hydrogens is 386 g/mol. The lowest BCUT2D eigenvalue weighted by Crippen LogP contribution is -2.26. The van der Waals surface area contributed by atoms with Gasteiger partial charge in [-0.2, -0.15) is 5.10 Å². The lowest BCUT2D eigenvalue weighted by molar-refractivity contribution is -0.116. The third-order valence-corrected chi connectivity index (χ3v) is 6.26. The maximum Gasteiger partial charge on any atom is 0.174 e. The third-order valence-electron chi connectivity index (χ3n) is 5.45. The largest absolute Gasteiger partial charge is 0.453 e. The summed E-state index contributed by atoms with van der Waals surface area (Å²) in [5.74, 6) is 1.53. The maximum absolute atomic E-state index is 12.8. The van der Waals surface area contributed by atoms with E-state index >= 15 is 0 Å². The number of fused-ring (bicyclic) bond motifs is 2. The second-order valence-corrected chi connectivity index (χ2v) is 8.24. The second-order valence-electron chi connectivity index (χ2n) is 7.25. The van der Waals surface area contributed by atoms with Crippen molar-refractivity contribution in [3.05, 3.63) is 65.2 Å². The number of benzene rings is 1. The number of aromatic nitrogens is 4. The standard InChI is InChI=1S/C21H17N5O2S/c27-15-7-3-6-14-19(15)18(11-10-22-26-20(11)23-14)16-8-9-17(28-16)29-21-24-12-4-1-2-5-13(12)25-21/h1-2,4-5,8-10,18H,3,6-7H2,(H,24,25)(H2,22,23,26)/t18-/m0/s1. The molecule has 6 rings (SSSR count). The van der Waals surface area contributed by atoms with Gasteiger partial charge in [-0.1, -0.05) is 12.1 Å². The molecular formula is C21H17N5O2S. The van der Waals surface area contributed by atoms with Gasteiger partial charge in [-0.3, -0.25) is 9.89 Å². The SMILES string of the molecule is O=C1CCCC2=C1[C@H](c1ccc(Sc3nc4ccccc4[nH]3)o1)c1cn[nH]c1N2. The van der Waals surface area contributed by atoms with Gasteiger partial charge in [0.05, 0.1) is 23.1 Å². The predicted molar refractivity (Wildman–Crippen MR) is 109 cm³/mol. The molecule has 144 valence electrons. The first-order valence-electron chi connectivity index (χ1n) is 9.55. The summed E-state index contributed by atoms with van der Waals surface area (Å²) >= 11 is 1.44. The van der Waals surface area contributed by atoms with Crippen LogP contribution in [0.15, 0.2) is 68.5 Å². The predicted octanol–water partition coefficient (Wildman–Crippen LogP) is 4.59. The number of rotatable bonds is 3. The van der Waals surface area contributed by atoms with Crippen molar-refractivity contribution in [2.45, 2.75) is 35.4 Å². The van der Waals surface area contributed by atoms with Crippen molar-refractivity contribution in [2.24, 2.45) is 0 Å². The molecule has 0 unspecified atom stereocenters. The van der Waals surface area contributed by atoms with Crippen LogP contribution in [0.5, 0.6) is 0 Å². The smallest absolute Gasteiger partial charge is 0.174 e. The fourth-order valence-electron chi connectivity index (χ4n) is 4.16. The van der Waals surface area contributed by atoms with Gasteiger partial charge >= 0.3 is 0 Å². The Morgan fingerprint density at radius 1 is 1.14 bits per heavy atom. The average Bonchev–Trinajstić information content (AvgIpc) is 3.45. The number of aromatic amines is 2. The Kier molecular flexibility index (Phi) is 3.67. The van der Waals surface area contributed by atoms with Crippen LogP contribution in [0.1, 0.15) is 36.5 Å². The van der Waals surface area contributed by atoms with Crippen LogP contribution in [0, 0.1) is 0 Å². The van der Waals surface area contributed by atoms with E-state index in [0.29, 0.717) is 6.42 Å². The Morgan fingerprint density at radius 3 is 3.00 bits per heavy atom. The molecule has 0 bridgehead atoms. The molecule has 0 fully saturated rings. The van der Waals surface area contributed by atoms with Crippen molar-refractivity contribution in [1.82, 2.24) is 20.2 Å². The number of anilines is 1. The van der Waals surface area contributed by atoms with E-state index in [1.807, 2.05) is 36.4 Å². The Bertz CT molecular complexity index is 1250. The molecule has 8 heteroatoms. The fraction of sp³-hybridized carbons (Fsp3) is 0.190. The number of Topliss-reactive ketones (excluding diaryl/α,β-unsaturated/α-hetero) is 1. The number of hydrogen-bond donors (Lipinski definition) is 3. The lowest BCUT2D eigenvalue weighted by Gasteiger charge is -2.30. The molecule has 1 aliphatic carbocycles. The van der Waals surface area contributed by atoms with Crippen molar-refractivity contribution < 1.29 is 9.21 Å². The number of furan rings is 1. The molecule has 0 amide bonds. The van der Waals surface area contributed by atoms with Crippen LogP contribution < -0.4 is 5.32 Å². The highest BCUT2D eigenvalue weighted by Crippen LogP contribution is 2.45. The molecule has 4 aromatic rings. The Labute approximate surface area is 170 Å². The summed E-state index contributed by atoms with van der Waals surface area (Å²) in [6.07, 6.45) is 4.07. The molecule has 0 spiro atoms. The summed E-state index contributed by atoms with van der Waals surface area (Å²) < 4.78 is 6.19. The van der Waals surface area contributed by atoms with E-state index in [-0.39, 0.29) is 11.7 Å². The number of nitrogens with one attached hydrogen (secondary N) is 3. The van der Waals surface area contributed by atoms with Gasteiger partial charge in [0.15, 0.2) is 16.0 Å². The lowest BCUT2D eigenvalue weighted by atomic mass is 9.79. The van der Waals surface area contributed by atoms with Gasteiger partial charge in [-0.25, -0.2) is 4.98 Å². The van der Waals surface area contributed by atoms with E-state index in [0.717, 1.165) is 62.5 Å². The summed E-state index contributed by atoms with van der Waals surface area (Å²) in [7, 11) is 0. The normalized spacial score (nSPS) is 18.6. The molecule has 1 atom stereocenters. The number of carbonyl (C=O) groups is 1. The number of para-hydroxylation sites is 2. The van der Waals surface area contributed by atoms with Gasteiger partial charge in [0, 0.05) is 23.3 Å². The van der Waals surface area contributed by atoms with E-state index in [2.05, 4.69) is 25.5 Å². The Morgan fingerprint density at radius 2 is 2.07 bits per heavy atom. The molecule has 4 heterocycles. The van der Waals surface area contributed by atoms with Crippen LogP contribution >= 0.6 is 11.8 Å². The zero-order valence-electron chi connectivity index (χ0n) is 15.4. The van der Waals surface area contributed by atoms with Crippen LogP contribution in [0.3, 0.4) is 0 Å². The van der Waals surface area contributed by atoms with Gasteiger partial charge in [0.2, 0.25) is 0 Å². The molecule has 0 saturated carbocycles. The van der Waals surface area contributed by atoms with Crippen LogP contribution in [-0.2, 0) is 4.79 Å². The summed E-state index contributed by atoms with van der Waals surface area (Å²) in [6, 6.07) is 11.8. The van der Waals surface area contributed by atoms with Crippen LogP contribution in [0.4, 0.5) is 5.82 Å². The van der Waals surface area contributed by atoms with Crippen molar-refractivity contribution in [3.8, 4) is 0 Å². The zero-order valence-corrected chi connectivity index (χ0v) is 16.2. The fourth-order valence-corrected chi connectivity index (χ4v) is 4.93. The maximum atomic E-state index is 12.8. The van der Waals surface area contributed by atoms with E-state index in [9.17, 15) is 4.79 Å². The van der Waals surface area contributed by atoms with E-state index < -0.39 is 0 Å². The van der Waals surface area contributed by atoms with Crippen molar-refractivity contribution in [3.63, 3.8) is 0 Å². The minimum absolute atomic E-state index is 0.179. The van der Waals surface area contributed by atoms with Gasteiger partial charge in [-0.15, -0.1) is 0 Å². The molecule has 0 radical (unpaired) electrons. The minimum Gasteiger partial charge on any atom is -0.453 e. The summed E-state index contributed by atoms with van der Waals surface area (Å²) in [4.78, 5) is 20.6. The monoisotopic (exact) mass is 403 g/mol.